The monoisotopic (exact) mass is 462 g/mol. The number of aromatic nitrogens is 1. The Bertz CT molecular complexity index is 1340. The molecule has 0 spiro atoms. The summed E-state index contributed by atoms with van der Waals surface area (Å²) >= 11 is 5.87. The largest absolute Gasteiger partial charge is 0.486 e. The van der Waals surface area contributed by atoms with E-state index in [4.69, 9.17) is 33.1 Å². The standard InChI is InChI=1S/C22H16ClFN8O/c23-13-4-1-11(2-5-13)9-33-16-6-3-12(7-15(16)24)19-17-18(27)14(8-25)20(28)31-21(17)32-22(30-19)29-10-26/h1-7,19H,9H2,(H6,27,28,29,30,31,32). The summed E-state index contributed by atoms with van der Waals surface area (Å²) in [5, 5.41) is 24.2. The van der Waals surface area contributed by atoms with Crippen LogP contribution in [0.15, 0.2) is 47.5 Å². The second kappa shape index (κ2) is 8.91. The van der Waals surface area contributed by atoms with Crippen LogP contribution in [0.5, 0.6) is 5.75 Å². The van der Waals surface area contributed by atoms with Crippen molar-refractivity contribution >= 4 is 34.9 Å². The summed E-state index contributed by atoms with van der Waals surface area (Å²) in [4.78, 5) is 8.57. The van der Waals surface area contributed by atoms with Crippen molar-refractivity contribution < 1.29 is 9.13 Å². The Labute approximate surface area is 193 Å². The molecule has 4 rings (SSSR count). The van der Waals surface area contributed by atoms with E-state index in [1.165, 1.54) is 12.1 Å². The first-order valence-corrected chi connectivity index (χ1v) is 9.94. The van der Waals surface area contributed by atoms with Crippen LogP contribution in [0.25, 0.3) is 0 Å². The van der Waals surface area contributed by atoms with E-state index in [0.717, 1.165) is 5.56 Å². The molecule has 1 aliphatic rings. The molecule has 2 heterocycles. The number of nitriles is 2. The van der Waals surface area contributed by atoms with Crippen LogP contribution in [0, 0.1) is 28.6 Å². The highest BCUT2D eigenvalue weighted by Crippen LogP contribution is 2.41. The van der Waals surface area contributed by atoms with Gasteiger partial charge in [0.25, 0.3) is 0 Å². The molecule has 2 aromatic carbocycles. The van der Waals surface area contributed by atoms with Crippen LogP contribution in [0.4, 0.5) is 21.7 Å². The Morgan fingerprint density at radius 3 is 2.61 bits per heavy atom. The fourth-order valence-electron chi connectivity index (χ4n) is 3.37. The van der Waals surface area contributed by atoms with Crippen molar-refractivity contribution in [3.8, 4) is 18.0 Å². The molecule has 0 aliphatic carbocycles. The van der Waals surface area contributed by atoms with Gasteiger partial charge in [0.05, 0.1) is 5.69 Å². The van der Waals surface area contributed by atoms with Crippen molar-refractivity contribution in [1.82, 2.24) is 10.3 Å². The number of rotatable bonds is 4. The lowest BCUT2D eigenvalue weighted by atomic mass is 9.95. The van der Waals surface area contributed by atoms with E-state index in [1.54, 1.807) is 36.5 Å². The normalized spacial score (nSPS) is 14.2. The average Bonchev–Trinajstić information content (AvgIpc) is 2.79. The van der Waals surface area contributed by atoms with Gasteiger partial charge in [-0.1, -0.05) is 29.8 Å². The zero-order chi connectivity index (χ0) is 23.5. The molecule has 9 nitrogen and oxygen atoms in total. The molecule has 164 valence electrons. The van der Waals surface area contributed by atoms with Crippen LogP contribution in [0.3, 0.4) is 0 Å². The Morgan fingerprint density at radius 2 is 1.94 bits per heavy atom. The number of hydrogen-bond acceptors (Lipinski definition) is 9. The molecule has 6 N–H and O–H groups in total. The number of halogens is 2. The maximum Gasteiger partial charge on any atom is 0.211 e. The molecule has 0 radical (unpaired) electrons. The summed E-state index contributed by atoms with van der Waals surface area (Å²) in [5.41, 5.74) is 13.7. The number of guanidine groups is 1. The highest BCUT2D eigenvalue weighted by atomic mass is 35.5. The van der Waals surface area contributed by atoms with Crippen LogP contribution in [-0.2, 0) is 6.61 Å². The third-order valence-corrected chi connectivity index (χ3v) is 5.19. The maximum atomic E-state index is 14.9. The first kappa shape index (κ1) is 21.7. The van der Waals surface area contributed by atoms with Gasteiger partial charge in [0.1, 0.15) is 35.9 Å². The molecule has 33 heavy (non-hydrogen) atoms. The molecule has 0 fully saturated rings. The van der Waals surface area contributed by atoms with Gasteiger partial charge in [0.15, 0.2) is 17.8 Å². The van der Waals surface area contributed by atoms with Crippen molar-refractivity contribution in [2.45, 2.75) is 12.6 Å². The summed E-state index contributed by atoms with van der Waals surface area (Å²) in [6.07, 6.45) is 1.76. The number of ether oxygens (including phenoxy) is 1. The fraction of sp³-hybridized carbons (Fsp3) is 0.0909. The first-order chi connectivity index (χ1) is 15.9. The molecule has 1 aliphatic heterocycles. The quantitative estimate of drug-likeness (QED) is 0.339. The maximum absolute atomic E-state index is 14.9. The van der Waals surface area contributed by atoms with E-state index in [-0.39, 0.29) is 41.2 Å². The Balaban J connectivity index is 1.69. The Morgan fingerprint density at radius 1 is 1.18 bits per heavy atom. The summed E-state index contributed by atoms with van der Waals surface area (Å²) in [5.74, 6) is -0.354. The van der Waals surface area contributed by atoms with Crippen LogP contribution < -0.4 is 26.8 Å². The highest BCUT2D eigenvalue weighted by molar-refractivity contribution is 6.30. The number of nitrogen functional groups attached to an aromatic ring is 2. The molecular formula is C22H16ClFN8O. The van der Waals surface area contributed by atoms with E-state index in [1.807, 2.05) is 6.07 Å². The van der Waals surface area contributed by atoms with Crippen molar-refractivity contribution in [2.75, 3.05) is 16.8 Å². The number of benzene rings is 2. The SMILES string of the molecule is N#CNC1=NC(c2ccc(OCc3ccc(Cl)cc3)c(F)c2)c2c(nc(N)c(C#N)c2N)N1. The van der Waals surface area contributed by atoms with Gasteiger partial charge in [-0.15, -0.1) is 0 Å². The van der Waals surface area contributed by atoms with Gasteiger partial charge >= 0.3 is 0 Å². The minimum atomic E-state index is -0.850. The topological polar surface area (TPSA) is 158 Å². The summed E-state index contributed by atoms with van der Waals surface area (Å²) in [6.45, 7) is 0.152. The first-order valence-electron chi connectivity index (χ1n) is 9.56. The van der Waals surface area contributed by atoms with E-state index in [0.29, 0.717) is 16.1 Å². The molecule has 1 aromatic heterocycles. The van der Waals surface area contributed by atoms with E-state index < -0.39 is 11.9 Å². The lowest BCUT2D eigenvalue weighted by Gasteiger charge is -2.26. The van der Waals surface area contributed by atoms with Crippen LogP contribution in [0.1, 0.15) is 28.3 Å². The molecule has 0 saturated carbocycles. The zero-order valence-electron chi connectivity index (χ0n) is 16.9. The van der Waals surface area contributed by atoms with Crippen molar-refractivity contribution in [1.29, 1.82) is 10.5 Å². The van der Waals surface area contributed by atoms with E-state index in [2.05, 4.69) is 20.6 Å². The number of nitrogens with one attached hydrogen (secondary N) is 2. The van der Waals surface area contributed by atoms with Gasteiger partial charge in [-0.25, -0.2) is 14.4 Å². The lowest BCUT2D eigenvalue weighted by molar-refractivity contribution is 0.290. The van der Waals surface area contributed by atoms with Crippen LogP contribution in [0.2, 0.25) is 5.02 Å². The molecule has 0 saturated heterocycles. The Hall–Kier alpha value is -4.54. The van der Waals surface area contributed by atoms with Crippen LogP contribution >= 0.6 is 11.6 Å². The smallest absolute Gasteiger partial charge is 0.211 e. The van der Waals surface area contributed by atoms with Crippen LogP contribution in [-0.4, -0.2) is 10.9 Å². The molecule has 1 atom stereocenters. The second-order valence-corrected chi connectivity index (χ2v) is 7.44. The molecule has 0 amide bonds. The van der Waals surface area contributed by atoms with E-state index in [9.17, 15) is 9.65 Å². The second-order valence-electron chi connectivity index (χ2n) is 7.01. The predicted molar refractivity (Wildman–Crippen MR) is 122 cm³/mol. The average molecular weight is 463 g/mol. The summed E-state index contributed by atoms with van der Waals surface area (Å²) in [6, 6.07) is 12.4. The molecule has 1 unspecified atom stereocenters. The number of nitrogens with zero attached hydrogens (tertiary/aromatic N) is 4. The predicted octanol–water partition coefficient (Wildman–Crippen LogP) is 3.43. The van der Waals surface area contributed by atoms with Crippen molar-refractivity contribution in [3.05, 3.63) is 75.6 Å². The van der Waals surface area contributed by atoms with Crippen molar-refractivity contribution in [2.24, 2.45) is 4.99 Å². The number of pyridine rings is 1. The van der Waals surface area contributed by atoms with E-state index >= 15 is 0 Å². The summed E-state index contributed by atoms with van der Waals surface area (Å²) in [7, 11) is 0. The van der Waals surface area contributed by atoms with Gasteiger partial charge in [-0.2, -0.15) is 10.5 Å². The third-order valence-electron chi connectivity index (χ3n) is 4.94. The summed E-state index contributed by atoms with van der Waals surface area (Å²) < 4.78 is 20.5. The number of nitrogens with two attached hydrogens (primary N) is 2. The minimum Gasteiger partial charge on any atom is -0.486 e. The minimum absolute atomic E-state index is 0.00386. The van der Waals surface area contributed by atoms with Gasteiger partial charge in [0, 0.05) is 10.6 Å². The number of fused-ring (bicyclic) bond motifs is 1. The molecular weight excluding hydrogens is 447 g/mol. The third kappa shape index (κ3) is 4.28. The van der Waals surface area contributed by atoms with Gasteiger partial charge < -0.3 is 21.5 Å². The Kier molecular flexibility index (Phi) is 5.85. The molecule has 3 aromatic rings. The fourth-order valence-corrected chi connectivity index (χ4v) is 3.49. The van der Waals surface area contributed by atoms with Crippen molar-refractivity contribution in [3.63, 3.8) is 0 Å². The number of hydrogen-bond donors (Lipinski definition) is 4. The molecule has 11 heteroatoms. The van der Waals surface area contributed by atoms with Gasteiger partial charge in [0.2, 0.25) is 5.96 Å². The lowest BCUT2D eigenvalue weighted by Crippen LogP contribution is -2.32. The number of anilines is 3. The highest BCUT2D eigenvalue weighted by Gasteiger charge is 2.30. The number of aliphatic imine (C=N–C) groups is 1. The van der Waals surface area contributed by atoms with Gasteiger partial charge in [-0.05, 0) is 35.4 Å². The van der Waals surface area contributed by atoms with Gasteiger partial charge in [-0.3, -0.25) is 5.32 Å². The molecule has 0 bridgehead atoms. The zero-order valence-corrected chi connectivity index (χ0v) is 17.7.